The zero-order valence-electron chi connectivity index (χ0n) is 13.7. The maximum Gasteiger partial charge on any atom is 0.211 e. The van der Waals surface area contributed by atoms with E-state index in [2.05, 4.69) is 0 Å². The Morgan fingerprint density at radius 1 is 0.778 bits per heavy atom. The van der Waals surface area contributed by atoms with Gasteiger partial charge in [0.15, 0.2) is 0 Å². The number of carbonyl (C=O) groups excluding carboxylic acids is 1. The summed E-state index contributed by atoms with van der Waals surface area (Å²) in [7, 11) is -7.86. The van der Waals surface area contributed by atoms with Crippen LogP contribution in [0.2, 0.25) is 0 Å². The van der Waals surface area contributed by atoms with Crippen LogP contribution < -0.4 is 0 Å². The van der Waals surface area contributed by atoms with Gasteiger partial charge in [0.05, 0.1) is 9.79 Å². The highest BCUT2D eigenvalue weighted by Gasteiger charge is 2.38. The van der Waals surface area contributed by atoms with Crippen LogP contribution in [0.15, 0.2) is 86.4 Å². The van der Waals surface area contributed by atoms with Gasteiger partial charge in [0.25, 0.3) is 0 Å². The highest BCUT2D eigenvalue weighted by atomic mass is 32.2. The Morgan fingerprint density at radius 2 is 1.33 bits per heavy atom. The number of rotatable bonds is 2. The fourth-order valence-corrected chi connectivity index (χ4v) is 6.22. The Labute approximate surface area is 155 Å². The van der Waals surface area contributed by atoms with E-state index in [9.17, 15) is 26.7 Å². The minimum absolute atomic E-state index is 0.0215. The van der Waals surface area contributed by atoms with Crippen LogP contribution in [0.25, 0.3) is 5.76 Å². The zero-order chi connectivity index (χ0) is 19.4. The first kappa shape index (κ1) is 17.4. The molecule has 2 aliphatic heterocycles. The van der Waals surface area contributed by atoms with Gasteiger partial charge < -0.3 is 5.11 Å². The molecule has 0 aliphatic carbocycles. The van der Waals surface area contributed by atoms with E-state index in [0.29, 0.717) is 0 Å². The minimum atomic E-state index is -3.95. The monoisotopic (exact) mass is 400 g/mol. The van der Waals surface area contributed by atoms with Gasteiger partial charge in [-0.1, -0.05) is 30.3 Å². The van der Waals surface area contributed by atoms with Crippen molar-refractivity contribution in [3.05, 3.63) is 87.7 Å². The van der Waals surface area contributed by atoms with Crippen molar-refractivity contribution < 1.29 is 26.7 Å². The summed E-state index contributed by atoms with van der Waals surface area (Å²) >= 11 is 0. The number of ketones is 1. The van der Waals surface area contributed by atoms with E-state index in [4.69, 9.17) is 0 Å². The summed E-state index contributed by atoms with van der Waals surface area (Å²) in [6.07, 6.45) is 3.28. The molecule has 4 rings (SSSR count). The molecule has 0 atom stereocenters. The summed E-state index contributed by atoms with van der Waals surface area (Å²) in [4.78, 5) is 11.5. The standard InChI is InChI=1S/C19H12O6S2/c20-18-12-6-1-3-8-14(12)26(22,23)16(18)10-5-11-17-19(21)13-7-2-4-9-15(13)27(17,24)25/h1-11,20H/b10-5+,17-11+. The molecular formula is C19H12O6S2. The SMILES string of the molecule is O=C1/C(=C\C=C\C2=C(O)c3ccccc3S2(=O)=O)S(=O)(=O)c2ccccc21. The number of hydrogen-bond donors (Lipinski definition) is 1. The molecule has 2 aromatic carbocycles. The molecule has 0 bridgehead atoms. The summed E-state index contributed by atoms with van der Waals surface area (Å²) in [5.41, 5.74) is 0.266. The van der Waals surface area contributed by atoms with Crippen molar-refractivity contribution in [1.29, 1.82) is 0 Å². The third kappa shape index (κ3) is 2.41. The second-order valence-corrected chi connectivity index (χ2v) is 9.70. The van der Waals surface area contributed by atoms with Gasteiger partial charge in [0, 0.05) is 11.1 Å². The van der Waals surface area contributed by atoms with Crippen LogP contribution in [-0.4, -0.2) is 27.7 Å². The van der Waals surface area contributed by atoms with E-state index in [1.54, 1.807) is 18.2 Å². The topological polar surface area (TPSA) is 106 Å². The van der Waals surface area contributed by atoms with Crippen molar-refractivity contribution in [2.24, 2.45) is 0 Å². The lowest BCUT2D eigenvalue weighted by Crippen LogP contribution is -2.02. The van der Waals surface area contributed by atoms with Crippen molar-refractivity contribution in [2.75, 3.05) is 0 Å². The lowest BCUT2D eigenvalue weighted by molar-refractivity contribution is 0.104. The van der Waals surface area contributed by atoms with E-state index in [0.717, 1.165) is 18.2 Å². The van der Waals surface area contributed by atoms with E-state index in [1.165, 1.54) is 30.3 Å². The maximum atomic E-state index is 12.5. The van der Waals surface area contributed by atoms with E-state index < -0.39 is 36.1 Å². The van der Waals surface area contributed by atoms with Crippen molar-refractivity contribution in [2.45, 2.75) is 9.79 Å². The highest BCUT2D eigenvalue weighted by molar-refractivity contribution is 7.97. The van der Waals surface area contributed by atoms with Gasteiger partial charge in [-0.25, -0.2) is 16.8 Å². The number of sulfone groups is 2. The van der Waals surface area contributed by atoms with Crippen molar-refractivity contribution >= 4 is 31.2 Å². The predicted octanol–water partition coefficient (Wildman–Crippen LogP) is 2.81. The van der Waals surface area contributed by atoms with Gasteiger partial charge >= 0.3 is 0 Å². The number of fused-ring (bicyclic) bond motifs is 2. The molecule has 0 unspecified atom stereocenters. The smallest absolute Gasteiger partial charge is 0.211 e. The fourth-order valence-electron chi connectivity index (χ4n) is 3.09. The summed E-state index contributed by atoms with van der Waals surface area (Å²) in [5, 5.41) is 10.2. The molecule has 0 saturated carbocycles. The van der Waals surface area contributed by atoms with Crippen LogP contribution in [-0.2, 0) is 19.7 Å². The highest BCUT2D eigenvalue weighted by Crippen LogP contribution is 2.38. The number of carbonyl (C=O) groups is 1. The molecule has 0 amide bonds. The molecular weight excluding hydrogens is 388 g/mol. The first-order valence-corrected chi connectivity index (χ1v) is 10.8. The quantitative estimate of drug-likeness (QED) is 0.777. The van der Waals surface area contributed by atoms with Gasteiger partial charge in [-0.2, -0.15) is 0 Å². The van der Waals surface area contributed by atoms with E-state index in [-0.39, 0.29) is 25.8 Å². The number of allylic oxidation sites excluding steroid dienone is 4. The molecule has 2 heterocycles. The lowest BCUT2D eigenvalue weighted by Gasteiger charge is -1.97. The molecule has 0 spiro atoms. The largest absolute Gasteiger partial charge is 0.506 e. The van der Waals surface area contributed by atoms with Gasteiger partial charge in [-0.05, 0) is 36.4 Å². The normalized spacial score (nSPS) is 21.0. The first-order valence-electron chi connectivity index (χ1n) is 7.81. The number of Topliss-reactive ketones (excluding diaryl/α,β-unsaturated/α-hetero) is 1. The molecule has 0 fully saturated rings. The second kappa shape index (κ2) is 5.77. The van der Waals surface area contributed by atoms with Gasteiger partial charge in [0.2, 0.25) is 25.5 Å². The lowest BCUT2D eigenvalue weighted by atomic mass is 10.1. The van der Waals surface area contributed by atoms with Crippen LogP contribution >= 0.6 is 0 Å². The molecule has 27 heavy (non-hydrogen) atoms. The number of benzene rings is 2. The maximum absolute atomic E-state index is 12.5. The average Bonchev–Trinajstić information content (AvgIpc) is 2.96. The molecule has 0 aromatic heterocycles. The molecule has 2 aliphatic rings. The summed E-state index contributed by atoms with van der Waals surface area (Å²) in [6, 6.07) is 11.8. The third-order valence-electron chi connectivity index (χ3n) is 4.38. The average molecular weight is 400 g/mol. The Kier molecular flexibility index (Phi) is 3.72. The van der Waals surface area contributed by atoms with E-state index in [1.807, 2.05) is 0 Å². The Morgan fingerprint density at radius 3 is 1.93 bits per heavy atom. The van der Waals surface area contributed by atoms with Gasteiger partial charge in [0.1, 0.15) is 15.6 Å². The first-order chi connectivity index (χ1) is 12.8. The van der Waals surface area contributed by atoms with Crippen LogP contribution in [0, 0.1) is 0 Å². The molecule has 136 valence electrons. The van der Waals surface area contributed by atoms with Crippen LogP contribution in [0.1, 0.15) is 15.9 Å². The summed E-state index contributed by atoms with van der Waals surface area (Å²) in [5.74, 6) is -1.06. The minimum Gasteiger partial charge on any atom is -0.506 e. The summed E-state index contributed by atoms with van der Waals surface area (Å²) in [6.45, 7) is 0. The molecule has 8 heteroatoms. The van der Waals surface area contributed by atoms with Crippen molar-refractivity contribution in [1.82, 2.24) is 0 Å². The second-order valence-electron chi connectivity index (χ2n) is 5.93. The molecule has 0 saturated heterocycles. The predicted molar refractivity (Wildman–Crippen MR) is 98.4 cm³/mol. The van der Waals surface area contributed by atoms with Crippen LogP contribution in [0.4, 0.5) is 0 Å². The molecule has 1 N–H and O–H groups in total. The number of aliphatic hydroxyl groups is 1. The molecule has 6 nitrogen and oxygen atoms in total. The van der Waals surface area contributed by atoms with Crippen LogP contribution in [0.5, 0.6) is 0 Å². The van der Waals surface area contributed by atoms with Crippen LogP contribution in [0.3, 0.4) is 0 Å². The number of hydrogen-bond acceptors (Lipinski definition) is 6. The van der Waals surface area contributed by atoms with Gasteiger partial charge in [-0.3, -0.25) is 4.79 Å². The summed E-state index contributed by atoms with van der Waals surface area (Å²) < 4.78 is 50.0. The third-order valence-corrected chi connectivity index (χ3v) is 8.06. The Hall–Kier alpha value is -2.97. The fraction of sp³-hybridized carbons (Fsp3) is 0. The van der Waals surface area contributed by atoms with E-state index >= 15 is 0 Å². The number of aliphatic hydroxyl groups excluding tert-OH is 1. The van der Waals surface area contributed by atoms with Gasteiger partial charge in [-0.15, -0.1) is 0 Å². The molecule has 2 aromatic rings. The zero-order valence-corrected chi connectivity index (χ0v) is 15.3. The van der Waals surface area contributed by atoms with Crippen molar-refractivity contribution in [3.63, 3.8) is 0 Å². The molecule has 0 radical (unpaired) electrons. The Balaban J connectivity index is 1.76. The van der Waals surface area contributed by atoms with Crippen molar-refractivity contribution in [3.8, 4) is 0 Å². The Bertz CT molecular complexity index is 1310.